The van der Waals surface area contributed by atoms with E-state index in [9.17, 15) is 9.59 Å². The predicted molar refractivity (Wildman–Crippen MR) is 60.8 cm³/mol. The highest BCUT2D eigenvalue weighted by Gasteiger charge is 2.23. The van der Waals surface area contributed by atoms with Crippen LogP contribution in [0.1, 0.15) is 27.7 Å². The molecule has 0 aliphatic rings. The molecule has 0 aliphatic carbocycles. The number of ether oxygens (including phenoxy) is 2. The molecule has 0 fully saturated rings. The predicted octanol–water partition coefficient (Wildman–Crippen LogP) is 2.00. The van der Waals surface area contributed by atoms with Gasteiger partial charge >= 0.3 is 11.9 Å². The first kappa shape index (κ1) is 14.4. The zero-order chi connectivity index (χ0) is 12.9. The maximum absolute atomic E-state index is 11.5. The normalized spacial score (nSPS) is 10.5. The van der Waals surface area contributed by atoms with E-state index in [1.165, 1.54) is 0 Å². The van der Waals surface area contributed by atoms with E-state index < -0.39 is 17.5 Å². The monoisotopic (exact) mass is 226 g/mol. The van der Waals surface area contributed by atoms with E-state index in [1.54, 1.807) is 27.7 Å². The standard InChI is InChI=1S/C12H18O4/c1-7-15-10(13)8(2)9(3)11(14)16-12(4,5)6/h2-3,7H2,1,4-6H3. The maximum atomic E-state index is 11.5. The third-order valence-corrected chi connectivity index (χ3v) is 1.53. The van der Waals surface area contributed by atoms with Gasteiger partial charge in [-0.1, -0.05) is 13.2 Å². The minimum atomic E-state index is -0.662. The summed E-state index contributed by atoms with van der Waals surface area (Å²) in [6.45, 7) is 14.0. The highest BCUT2D eigenvalue weighted by atomic mass is 16.6. The number of rotatable bonds is 4. The zero-order valence-corrected chi connectivity index (χ0v) is 10.3. The van der Waals surface area contributed by atoms with Gasteiger partial charge in [0, 0.05) is 0 Å². The Hall–Kier alpha value is -1.58. The van der Waals surface area contributed by atoms with Crippen molar-refractivity contribution >= 4 is 11.9 Å². The maximum Gasteiger partial charge on any atom is 0.338 e. The summed E-state index contributed by atoms with van der Waals surface area (Å²) in [6.07, 6.45) is 0. The van der Waals surface area contributed by atoms with Crippen molar-refractivity contribution in [2.45, 2.75) is 33.3 Å². The van der Waals surface area contributed by atoms with Crippen LogP contribution in [-0.2, 0) is 19.1 Å². The Kier molecular flexibility index (Phi) is 4.95. The van der Waals surface area contributed by atoms with Crippen LogP contribution < -0.4 is 0 Å². The van der Waals surface area contributed by atoms with E-state index in [-0.39, 0.29) is 17.8 Å². The molecule has 0 aromatic heterocycles. The number of hydrogen-bond donors (Lipinski definition) is 0. The van der Waals surface area contributed by atoms with Crippen LogP contribution in [0.25, 0.3) is 0 Å². The van der Waals surface area contributed by atoms with E-state index in [0.29, 0.717) is 0 Å². The second-order valence-corrected chi connectivity index (χ2v) is 4.18. The minimum absolute atomic E-state index is 0.0731. The van der Waals surface area contributed by atoms with Crippen LogP contribution >= 0.6 is 0 Å². The van der Waals surface area contributed by atoms with E-state index >= 15 is 0 Å². The molecule has 0 unspecified atom stereocenters. The van der Waals surface area contributed by atoms with Gasteiger partial charge < -0.3 is 9.47 Å². The lowest BCUT2D eigenvalue weighted by Crippen LogP contribution is -2.26. The number of hydrogen-bond acceptors (Lipinski definition) is 4. The summed E-state index contributed by atoms with van der Waals surface area (Å²) in [5.74, 6) is -1.32. The average Bonchev–Trinajstić information content (AvgIpc) is 2.13. The third-order valence-electron chi connectivity index (χ3n) is 1.53. The molecule has 0 N–H and O–H groups in total. The first-order valence-electron chi connectivity index (χ1n) is 4.97. The number of carbonyl (C=O) groups excluding carboxylic acids is 2. The van der Waals surface area contributed by atoms with Gasteiger partial charge in [0.05, 0.1) is 17.8 Å². The summed E-state index contributed by atoms with van der Waals surface area (Å²) in [5.41, 5.74) is -0.779. The van der Waals surface area contributed by atoms with Gasteiger partial charge in [0.2, 0.25) is 0 Å². The van der Waals surface area contributed by atoms with Crippen molar-refractivity contribution in [1.29, 1.82) is 0 Å². The second-order valence-electron chi connectivity index (χ2n) is 4.18. The minimum Gasteiger partial charge on any atom is -0.462 e. The molecule has 0 aromatic rings. The zero-order valence-electron chi connectivity index (χ0n) is 10.3. The highest BCUT2D eigenvalue weighted by molar-refractivity contribution is 6.06. The van der Waals surface area contributed by atoms with Crippen LogP contribution in [0.15, 0.2) is 24.3 Å². The van der Waals surface area contributed by atoms with Gasteiger partial charge in [-0.2, -0.15) is 0 Å². The molecule has 0 atom stereocenters. The quantitative estimate of drug-likeness (QED) is 0.418. The number of carbonyl (C=O) groups is 2. The summed E-state index contributed by atoms with van der Waals surface area (Å²) in [4.78, 5) is 22.8. The molecule has 0 heterocycles. The molecule has 0 spiro atoms. The molecule has 0 amide bonds. The van der Waals surface area contributed by atoms with Gasteiger partial charge in [-0.15, -0.1) is 0 Å². The van der Waals surface area contributed by atoms with E-state index in [1.807, 2.05) is 0 Å². The van der Waals surface area contributed by atoms with E-state index in [0.717, 1.165) is 0 Å². The molecule has 0 rings (SSSR count). The van der Waals surface area contributed by atoms with Gasteiger partial charge in [-0.25, -0.2) is 9.59 Å². The molecule has 0 radical (unpaired) electrons. The van der Waals surface area contributed by atoms with Crippen molar-refractivity contribution < 1.29 is 19.1 Å². The molecule has 4 nitrogen and oxygen atoms in total. The van der Waals surface area contributed by atoms with Crippen LogP contribution in [0.2, 0.25) is 0 Å². The van der Waals surface area contributed by atoms with Crippen molar-refractivity contribution in [3.63, 3.8) is 0 Å². The van der Waals surface area contributed by atoms with Crippen molar-refractivity contribution in [3.8, 4) is 0 Å². The first-order valence-corrected chi connectivity index (χ1v) is 4.97. The van der Waals surface area contributed by atoms with Crippen molar-refractivity contribution in [1.82, 2.24) is 0 Å². The SMILES string of the molecule is C=C(C(=C)C(=O)OC(C)(C)C)C(=O)OCC. The molecular formula is C12H18O4. The fourth-order valence-corrected chi connectivity index (χ4v) is 0.804. The fourth-order valence-electron chi connectivity index (χ4n) is 0.804. The van der Waals surface area contributed by atoms with Crippen LogP contribution in [0.4, 0.5) is 0 Å². The van der Waals surface area contributed by atoms with Crippen molar-refractivity contribution in [3.05, 3.63) is 24.3 Å². The first-order chi connectivity index (χ1) is 7.19. The van der Waals surface area contributed by atoms with E-state index in [4.69, 9.17) is 9.47 Å². The van der Waals surface area contributed by atoms with Crippen LogP contribution in [-0.4, -0.2) is 24.1 Å². The summed E-state index contributed by atoms with van der Waals surface area (Å²) in [7, 11) is 0. The smallest absolute Gasteiger partial charge is 0.338 e. The largest absolute Gasteiger partial charge is 0.462 e. The Morgan fingerprint density at radius 2 is 1.50 bits per heavy atom. The molecule has 0 bridgehead atoms. The van der Waals surface area contributed by atoms with Crippen molar-refractivity contribution in [2.75, 3.05) is 6.61 Å². The Bertz CT molecular complexity index is 320. The summed E-state index contributed by atoms with van der Waals surface area (Å²) in [6, 6.07) is 0. The number of esters is 2. The average molecular weight is 226 g/mol. The van der Waals surface area contributed by atoms with E-state index in [2.05, 4.69) is 13.2 Å². The molecular weight excluding hydrogens is 208 g/mol. The molecule has 90 valence electrons. The molecule has 16 heavy (non-hydrogen) atoms. The van der Waals surface area contributed by atoms with Gasteiger partial charge in [0.25, 0.3) is 0 Å². The Balaban J connectivity index is 4.51. The van der Waals surface area contributed by atoms with Gasteiger partial charge in [0.15, 0.2) is 0 Å². The topological polar surface area (TPSA) is 52.6 Å². The molecule has 0 aromatic carbocycles. The van der Waals surface area contributed by atoms with Gasteiger partial charge in [-0.3, -0.25) is 0 Å². The highest BCUT2D eigenvalue weighted by Crippen LogP contribution is 2.15. The Labute approximate surface area is 95.9 Å². The third kappa shape index (κ3) is 4.77. The Morgan fingerprint density at radius 1 is 1.06 bits per heavy atom. The molecule has 0 saturated heterocycles. The van der Waals surface area contributed by atoms with Crippen LogP contribution in [0, 0.1) is 0 Å². The lowest BCUT2D eigenvalue weighted by atomic mass is 10.1. The fraction of sp³-hybridized carbons (Fsp3) is 0.500. The second kappa shape index (κ2) is 5.49. The molecule has 0 saturated carbocycles. The lowest BCUT2D eigenvalue weighted by Gasteiger charge is -2.20. The summed E-state index contributed by atoms with van der Waals surface area (Å²) >= 11 is 0. The molecule has 0 aliphatic heterocycles. The van der Waals surface area contributed by atoms with Gasteiger partial charge in [-0.05, 0) is 27.7 Å². The Morgan fingerprint density at radius 3 is 1.88 bits per heavy atom. The van der Waals surface area contributed by atoms with Gasteiger partial charge in [0.1, 0.15) is 5.60 Å². The summed E-state index contributed by atoms with van der Waals surface area (Å²) in [5, 5.41) is 0. The van der Waals surface area contributed by atoms with Crippen molar-refractivity contribution in [2.24, 2.45) is 0 Å². The van der Waals surface area contributed by atoms with Crippen LogP contribution in [0.5, 0.6) is 0 Å². The van der Waals surface area contributed by atoms with Crippen LogP contribution in [0.3, 0.4) is 0 Å². The molecule has 4 heteroatoms. The lowest BCUT2D eigenvalue weighted by molar-refractivity contribution is -0.150. The summed E-state index contributed by atoms with van der Waals surface area (Å²) < 4.78 is 9.74.